The van der Waals surface area contributed by atoms with Crippen molar-refractivity contribution < 1.29 is 8.78 Å². The van der Waals surface area contributed by atoms with E-state index in [1.165, 1.54) is 24.3 Å². The van der Waals surface area contributed by atoms with Crippen molar-refractivity contribution in [1.82, 2.24) is 9.97 Å². The molecular formula is C23H15ClF2N2. The molecule has 2 N–H and O–H groups in total. The number of hydrogen-bond acceptors (Lipinski definition) is 0. The van der Waals surface area contributed by atoms with E-state index in [0.29, 0.717) is 5.02 Å². The first-order valence-electron chi connectivity index (χ1n) is 8.89. The molecule has 0 amide bonds. The quantitative estimate of drug-likeness (QED) is 0.340. The van der Waals surface area contributed by atoms with E-state index in [9.17, 15) is 8.78 Å². The summed E-state index contributed by atoms with van der Waals surface area (Å²) < 4.78 is 27.3. The maximum Gasteiger partial charge on any atom is 0.125 e. The molecule has 2 aromatic heterocycles. The third kappa shape index (κ3) is 2.77. The van der Waals surface area contributed by atoms with Gasteiger partial charge in [0.1, 0.15) is 11.6 Å². The number of benzene rings is 3. The zero-order valence-electron chi connectivity index (χ0n) is 14.6. The minimum atomic E-state index is -0.286. The Labute approximate surface area is 164 Å². The van der Waals surface area contributed by atoms with E-state index in [1.807, 2.05) is 36.7 Å². The van der Waals surface area contributed by atoms with Crippen molar-refractivity contribution in [3.05, 3.63) is 106 Å². The van der Waals surface area contributed by atoms with Crippen LogP contribution in [0.15, 0.2) is 73.1 Å². The summed E-state index contributed by atoms with van der Waals surface area (Å²) in [5.74, 6) is -0.700. The lowest BCUT2D eigenvalue weighted by Crippen LogP contribution is -2.02. The SMILES string of the molecule is Fc1ccc2c(C(c3ccc(Cl)cc3)c3c[nH]c4cc(F)ccc34)c[nH]c2c1. The van der Waals surface area contributed by atoms with Gasteiger partial charge in [0, 0.05) is 45.1 Å². The zero-order chi connectivity index (χ0) is 19.3. The molecule has 5 rings (SSSR count). The Hall–Kier alpha value is -3.11. The lowest BCUT2D eigenvalue weighted by atomic mass is 9.85. The number of rotatable bonds is 3. The van der Waals surface area contributed by atoms with Gasteiger partial charge < -0.3 is 9.97 Å². The van der Waals surface area contributed by atoms with Crippen LogP contribution in [0.2, 0.25) is 5.02 Å². The normalized spacial score (nSPS) is 11.7. The van der Waals surface area contributed by atoms with Crippen LogP contribution in [0.1, 0.15) is 22.6 Å². The summed E-state index contributed by atoms with van der Waals surface area (Å²) in [6.45, 7) is 0. The molecule has 0 aliphatic rings. The molecule has 0 saturated heterocycles. The van der Waals surface area contributed by atoms with Crippen LogP contribution >= 0.6 is 11.6 Å². The minimum Gasteiger partial charge on any atom is -0.361 e. The van der Waals surface area contributed by atoms with E-state index >= 15 is 0 Å². The number of aromatic amines is 2. The highest BCUT2D eigenvalue weighted by atomic mass is 35.5. The Kier molecular flexibility index (Phi) is 3.95. The first-order chi connectivity index (χ1) is 13.6. The van der Waals surface area contributed by atoms with Gasteiger partial charge in [0.05, 0.1) is 0 Å². The van der Waals surface area contributed by atoms with Gasteiger partial charge in [-0.25, -0.2) is 8.78 Å². The minimum absolute atomic E-state index is 0.129. The van der Waals surface area contributed by atoms with Crippen molar-refractivity contribution in [2.24, 2.45) is 0 Å². The van der Waals surface area contributed by atoms with Crippen molar-refractivity contribution in [1.29, 1.82) is 0 Å². The van der Waals surface area contributed by atoms with Crippen molar-refractivity contribution >= 4 is 33.4 Å². The summed E-state index contributed by atoms with van der Waals surface area (Å²) in [4.78, 5) is 6.35. The fraction of sp³-hybridized carbons (Fsp3) is 0.0435. The van der Waals surface area contributed by atoms with Crippen LogP contribution in [0.5, 0.6) is 0 Å². The van der Waals surface area contributed by atoms with Crippen LogP contribution in [0.3, 0.4) is 0 Å². The van der Waals surface area contributed by atoms with Gasteiger partial charge in [-0.1, -0.05) is 23.7 Å². The summed E-state index contributed by atoms with van der Waals surface area (Å²) >= 11 is 6.10. The molecule has 3 aromatic carbocycles. The largest absolute Gasteiger partial charge is 0.361 e. The van der Waals surface area contributed by atoms with Crippen LogP contribution < -0.4 is 0 Å². The molecule has 0 spiro atoms. The molecule has 0 aliphatic heterocycles. The third-order valence-corrected chi connectivity index (χ3v) is 5.43. The molecule has 0 fully saturated rings. The second-order valence-electron chi connectivity index (χ2n) is 6.85. The summed E-state index contributed by atoms with van der Waals surface area (Å²) in [6, 6.07) is 17.1. The first-order valence-corrected chi connectivity index (χ1v) is 9.26. The highest BCUT2D eigenvalue weighted by Crippen LogP contribution is 2.39. The van der Waals surface area contributed by atoms with Gasteiger partial charge in [0.25, 0.3) is 0 Å². The number of nitrogens with one attached hydrogen (secondary N) is 2. The Morgan fingerprint density at radius 2 is 1.18 bits per heavy atom. The Bertz CT molecular complexity index is 1220. The second-order valence-corrected chi connectivity index (χ2v) is 7.29. The topological polar surface area (TPSA) is 31.6 Å². The van der Waals surface area contributed by atoms with Crippen molar-refractivity contribution in [3.63, 3.8) is 0 Å². The smallest absolute Gasteiger partial charge is 0.125 e. The molecule has 2 nitrogen and oxygen atoms in total. The van der Waals surface area contributed by atoms with Crippen molar-refractivity contribution in [2.75, 3.05) is 0 Å². The fourth-order valence-corrected chi connectivity index (χ4v) is 4.03. The summed E-state index contributed by atoms with van der Waals surface area (Å²) in [6.07, 6.45) is 3.82. The van der Waals surface area contributed by atoms with Gasteiger partial charge >= 0.3 is 0 Å². The number of fused-ring (bicyclic) bond motifs is 2. The number of H-pyrrole nitrogens is 2. The van der Waals surface area contributed by atoms with E-state index in [1.54, 1.807) is 12.1 Å². The molecule has 0 atom stereocenters. The van der Waals surface area contributed by atoms with Crippen LogP contribution in [0, 0.1) is 11.6 Å². The predicted molar refractivity (Wildman–Crippen MR) is 109 cm³/mol. The van der Waals surface area contributed by atoms with Crippen molar-refractivity contribution in [2.45, 2.75) is 5.92 Å². The van der Waals surface area contributed by atoms with E-state index < -0.39 is 0 Å². The van der Waals surface area contributed by atoms with Crippen LogP contribution in [-0.2, 0) is 0 Å². The van der Waals surface area contributed by atoms with Gasteiger partial charge in [-0.05, 0) is 65.2 Å². The summed E-state index contributed by atoms with van der Waals surface area (Å²) in [5, 5.41) is 2.54. The number of halogens is 3. The maximum atomic E-state index is 13.7. The molecule has 5 heteroatoms. The second kappa shape index (κ2) is 6.50. The van der Waals surface area contributed by atoms with Gasteiger partial charge in [-0.3, -0.25) is 0 Å². The van der Waals surface area contributed by atoms with E-state index in [-0.39, 0.29) is 17.6 Å². The fourth-order valence-electron chi connectivity index (χ4n) is 3.90. The maximum absolute atomic E-state index is 13.7. The molecule has 0 radical (unpaired) electrons. The molecule has 0 saturated carbocycles. The van der Waals surface area contributed by atoms with Crippen LogP contribution in [-0.4, -0.2) is 9.97 Å². The molecule has 0 bridgehead atoms. The molecule has 5 aromatic rings. The summed E-state index contributed by atoms with van der Waals surface area (Å²) in [5.41, 5.74) is 4.55. The van der Waals surface area contributed by atoms with Gasteiger partial charge in [-0.15, -0.1) is 0 Å². The highest BCUT2D eigenvalue weighted by Gasteiger charge is 2.23. The van der Waals surface area contributed by atoms with Crippen LogP contribution in [0.25, 0.3) is 21.8 Å². The highest BCUT2D eigenvalue weighted by molar-refractivity contribution is 6.30. The lowest BCUT2D eigenvalue weighted by Gasteiger charge is -2.17. The molecule has 138 valence electrons. The molecule has 28 heavy (non-hydrogen) atoms. The Morgan fingerprint density at radius 3 is 1.68 bits per heavy atom. The predicted octanol–water partition coefficient (Wildman–Crippen LogP) is 6.76. The van der Waals surface area contributed by atoms with E-state index in [2.05, 4.69) is 9.97 Å². The standard InChI is InChI=1S/C23H15ClF2N2/c24-14-3-1-13(2-4-14)23(19-11-27-21-9-15(25)5-7-17(19)21)20-12-28-22-10-16(26)6-8-18(20)22/h1-12,23,27-28H. The molecule has 0 aliphatic carbocycles. The third-order valence-electron chi connectivity index (χ3n) is 5.18. The van der Waals surface area contributed by atoms with E-state index in [0.717, 1.165) is 38.5 Å². The van der Waals surface area contributed by atoms with Gasteiger partial charge in [0.2, 0.25) is 0 Å². The molecule has 2 heterocycles. The molecule has 0 unspecified atom stereocenters. The van der Waals surface area contributed by atoms with Crippen LogP contribution in [0.4, 0.5) is 8.78 Å². The van der Waals surface area contributed by atoms with Crippen molar-refractivity contribution in [3.8, 4) is 0 Å². The molecular weight excluding hydrogens is 378 g/mol. The monoisotopic (exact) mass is 392 g/mol. The average molecular weight is 393 g/mol. The van der Waals surface area contributed by atoms with E-state index in [4.69, 9.17) is 11.6 Å². The number of aromatic nitrogens is 2. The average Bonchev–Trinajstić information content (AvgIpc) is 3.28. The Balaban J connectivity index is 1.78. The lowest BCUT2D eigenvalue weighted by molar-refractivity contribution is 0.629. The summed E-state index contributed by atoms with van der Waals surface area (Å²) in [7, 11) is 0. The zero-order valence-corrected chi connectivity index (χ0v) is 15.4. The number of hydrogen-bond donors (Lipinski definition) is 2. The first kappa shape index (κ1) is 17.0. The van der Waals surface area contributed by atoms with Gasteiger partial charge in [0.15, 0.2) is 0 Å². The Morgan fingerprint density at radius 1 is 0.679 bits per heavy atom. The van der Waals surface area contributed by atoms with Gasteiger partial charge in [-0.2, -0.15) is 0 Å².